The first-order valence-electron chi connectivity index (χ1n) is 7.92. The number of hydrogen-bond donors (Lipinski definition) is 2. The molecule has 2 aromatic rings. The van der Waals surface area contributed by atoms with Gasteiger partial charge in [-0.3, -0.25) is 4.79 Å². The average molecular weight is 331 g/mol. The summed E-state index contributed by atoms with van der Waals surface area (Å²) in [5.41, 5.74) is 7.49. The predicted molar refractivity (Wildman–Crippen MR) is 93.9 cm³/mol. The van der Waals surface area contributed by atoms with Crippen molar-refractivity contribution in [2.75, 3.05) is 7.11 Å². The molecule has 3 N–H and O–H groups in total. The van der Waals surface area contributed by atoms with Gasteiger partial charge in [0.05, 0.1) is 7.11 Å². The van der Waals surface area contributed by atoms with Gasteiger partial charge in [-0.2, -0.15) is 0 Å². The van der Waals surface area contributed by atoms with E-state index in [9.17, 15) is 9.90 Å². The van der Waals surface area contributed by atoms with Gasteiger partial charge in [0.1, 0.15) is 12.6 Å². The van der Waals surface area contributed by atoms with E-state index in [1.807, 2.05) is 44.2 Å². The van der Waals surface area contributed by atoms with Crippen LogP contribution in [0.3, 0.4) is 0 Å². The van der Waals surface area contributed by atoms with Crippen molar-refractivity contribution in [3.63, 3.8) is 0 Å². The first-order chi connectivity index (χ1) is 11.6. The number of phenolic OH excluding ortho intramolecular Hbond substituents is 1. The highest BCUT2D eigenvalue weighted by Gasteiger charge is 2.16. The Bertz CT molecular complexity index is 629. The number of aromatic hydroxyl groups is 1. The highest BCUT2D eigenvalue weighted by Crippen LogP contribution is 2.26. The monoisotopic (exact) mass is 331 g/mol. The van der Waals surface area contributed by atoms with E-state index in [0.29, 0.717) is 5.75 Å². The maximum absolute atomic E-state index is 11.9. The van der Waals surface area contributed by atoms with Gasteiger partial charge in [0.25, 0.3) is 0 Å². The van der Waals surface area contributed by atoms with Gasteiger partial charge in [0, 0.05) is 0 Å². The van der Waals surface area contributed by atoms with Crippen molar-refractivity contribution in [3.8, 4) is 11.5 Å². The minimum absolute atomic E-state index is 0.0184. The number of methoxy groups -OCH3 is 1. The summed E-state index contributed by atoms with van der Waals surface area (Å²) in [6.45, 7) is 4.20. The van der Waals surface area contributed by atoms with Gasteiger partial charge >= 0.3 is 5.97 Å². The molecule has 0 bridgehead atoms. The van der Waals surface area contributed by atoms with Crippen LogP contribution in [0.2, 0.25) is 0 Å². The zero-order chi connectivity index (χ0) is 17.9. The Morgan fingerprint density at radius 3 is 2.38 bits per heavy atom. The van der Waals surface area contributed by atoms with Gasteiger partial charge in [-0.1, -0.05) is 50.2 Å². The van der Waals surface area contributed by atoms with E-state index in [2.05, 4.69) is 0 Å². The fraction of sp³-hybridized carbons (Fsp3) is 0.316. The molecular formula is C19H25NO4. The molecule has 24 heavy (non-hydrogen) atoms. The molecule has 1 atom stereocenters. The Hall–Kier alpha value is -2.53. The molecule has 5 nitrogen and oxygen atoms in total. The van der Waals surface area contributed by atoms with Crippen LogP contribution in [-0.2, 0) is 22.6 Å². The molecule has 0 saturated carbocycles. The number of phenols is 1. The Morgan fingerprint density at radius 2 is 1.79 bits per heavy atom. The lowest BCUT2D eigenvalue weighted by Crippen LogP contribution is -2.34. The molecule has 0 saturated heterocycles. The van der Waals surface area contributed by atoms with Gasteiger partial charge in [0.2, 0.25) is 0 Å². The van der Waals surface area contributed by atoms with Crippen LogP contribution >= 0.6 is 0 Å². The van der Waals surface area contributed by atoms with E-state index >= 15 is 0 Å². The number of hydrogen-bond acceptors (Lipinski definition) is 5. The largest absolute Gasteiger partial charge is 0.504 e. The zero-order valence-electron chi connectivity index (χ0n) is 14.4. The van der Waals surface area contributed by atoms with Crippen molar-refractivity contribution < 1.29 is 19.4 Å². The fourth-order valence-corrected chi connectivity index (χ4v) is 2.04. The Kier molecular flexibility index (Phi) is 8.36. The maximum Gasteiger partial charge on any atom is 0.323 e. The summed E-state index contributed by atoms with van der Waals surface area (Å²) < 4.78 is 10.2. The number of nitrogens with two attached hydrogens (primary N) is 1. The number of ether oxygens (including phenoxy) is 2. The van der Waals surface area contributed by atoms with Gasteiger partial charge in [-0.05, 0) is 29.7 Å². The first-order valence-corrected chi connectivity index (χ1v) is 7.92. The SMILES string of the molecule is CC.COc1ccc(CC(N)C(=O)OCc2ccccc2)cc1O. The van der Waals surface area contributed by atoms with E-state index in [-0.39, 0.29) is 18.8 Å². The third-order valence-corrected chi connectivity index (χ3v) is 3.23. The molecule has 0 fully saturated rings. The molecule has 0 aliphatic heterocycles. The first kappa shape index (κ1) is 19.5. The molecule has 130 valence electrons. The van der Waals surface area contributed by atoms with E-state index in [1.54, 1.807) is 12.1 Å². The normalized spacial score (nSPS) is 11.0. The van der Waals surface area contributed by atoms with Crippen molar-refractivity contribution in [3.05, 3.63) is 59.7 Å². The van der Waals surface area contributed by atoms with Gasteiger partial charge in [0.15, 0.2) is 11.5 Å². The highest BCUT2D eigenvalue weighted by molar-refractivity contribution is 5.76. The van der Waals surface area contributed by atoms with Crippen LogP contribution in [0.1, 0.15) is 25.0 Å². The number of carbonyl (C=O) groups excluding carboxylic acids is 1. The molecular weight excluding hydrogens is 306 g/mol. The average Bonchev–Trinajstić information content (AvgIpc) is 2.62. The third-order valence-electron chi connectivity index (χ3n) is 3.23. The van der Waals surface area contributed by atoms with E-state index < -0.39 is 12.0 Å². The van der Waals surface area contributed by atoms with Crippen LogP contribution in [-0.4, -0.2) is 24.2 Å². The van der Waals surface area contributed by atoms with E-state index in [4.69, 9.17) is 15.2 Å². The number of esters is 1. The van der Waals surface area contributed by atoms with Crippen molar-refractivity contribution in [1.29, 1.82) is 0 Å². The second-order valence-electron chi connectivity index (χ2n) is 4.91. The zero-order valence-corrected chi connectivity index (χ0v) is 14.4. The van der Waals surface area contributed by atoms with Gasteiger partial charge in [-0.25, -0.2) is 0 Å². The fourth-order valence-electron chi connectivity index (χ4n) is 2.04. The standard InChI is InChI=1S/C17H19NO4.C2H6/c1-21-16-8-7-13(10-15(16)19)9-14(18)17(20)22-11-12-5-3-2-4-6-12;1-2/h2-8,10,14,19H,9,11,18H2,1H3;1-2H3. The second-order valence-corrected chi connectivity index (χ2v) is 4.91. The Balaban J connectivity index is 0.00000139. The smallest absolute Gasteiger partial charge is 0.323 e. The van der Waals surface area contributed by atoms with Crippen LogP contribution < -0.4 is 10.5 Å². The van der Waals surface area contributed by atoms with E-state index in [1.165, 1.54) is 13.2 Å². The summed E-state index contributed by atoms with van der Waals surface area (Å²) in [6.07, 6.45) is 0.283. The summed E-state index contributed by atoms with van der Waals surface area (Å²) in [7, 11) is 1.47. The minimum atomic E-state index is -0.781. The van der Waals surface area contributed by atoms with Crippen LogP contribution in [0.25, 0.3) is 0 Å². The number of carbonyl (C=O) groups is 1. The minimum Gasteiger partial charge on any atom is -0.504 e. The van der Waals surface area contributed by atoms with Gasteiger partial charge in [-0.15, -0.1) is 0 Å². The predicted octanol–water partition coefficient (Wildman–Crippen LogP) is 3.04. The van der Waals surface area contributed by atoms with Crippen LogP contribution in [0.5, 0.6) is 11.5 Å². The third kappa shape index (κ3) is 5.93. The summed E-state index contributed by atoms with van der Waals surface area (Å²) in [6, 6.07) is 13.5. The van der Waals surface area contributed by atoms with Gasteiger partial charge < -0.3 is 20.3 Å². The molecule has 5 heteroatoms. The molecule has 0 aliphatic carbocycles. The molecule has 0 heterocycles. The van der Waals surface area contributed by atoms with Crippen molar-refractivity contribution in [1.82, 2.24) is 0 Å². The summed E-state index contributed by atoms with van der Waals surface area (Å²) >= 11 is 0. The molecule has 0 spiro atoms. The van der Waals surface area contributed by atoms with Crippen molar-refractivity contribution >= 4 is 5.97 Å². The molecule has 0 radical (unpaired) electrons. The van der Waals surface area contributed by atoms with Crippen molar-refractivity contribution in [2.45, 2.75) is 32.9 Å². The second kappa shape index (κ2) is 10.3. The Morgan fingerprint density at radius 1 is 1.12 bits per heavy atom. The van der Waals surface area contributed by atoms with Crippen molar-refractivity contribution in [2.24, 2.45) is 5.73 Å². The summed E-state index contributed by atoms with van der Waals surface area (Å²) in [4.78, 5) is 11.9. The molecule has 0 amide bonds. The molecule has 2 aromatic carbocycles. The molecule has 0 aromatic heterocycles. The lowest BCUT2D eigenvalue weighted by Gasteiger charge is -2.12. The van der Waals surface area contributed by atoms with E-state index in [0.717, 1.165) is 11.1 Å². The van der Waals surface area contributed by atoms with Crippen LogP contribution in [0.15, 0.2) is 48.5 Å². The maximum atomic E-state index is 11.9. The molecule has 2 rings (SSSR count). The molecule has 1 unspecified atom stereocenters. The quantitative estimate of drug-likeness (QED) is 0.795. The number of rotatable bonds is 6. The molecule has 0 aliphatic rings. The topological polar surface area (TPSA) is 81.8 Å². The Labute approximate surface area is 143 Å². The van der Waals surface area contributed by atoms with Crippen LogP contribution in [0, 0.1) is 0 Å². The highest BCUT2D eigenvalue weighted by atomic mass is 16.5. The number of benzene rings is 2. The summed E-state index contributed by atoms with van der Waals surface area (Å²) in [5.74, 6) is -0.0759. The lowest BCUT2D eigenvalue weighted by atomic mass is 10.1. The van der Waals surface area contributed by atoms with Crippen LogP contribution in [0.4, 0.5) is 0 Å². The lowest BCUT2D eigenvalue weighted by molar-refractivity contribution is -0.146. The summed E-state index contributed by atoms with van der Waals surface area (Å²) in [5, 5.41) is 9.71.